The van der Waals surface area contributed by atoms with Crippen molar-refractivity contribution in [2.24, 2.45) is 10.1 Å². The largest absolute Gasteiger partial charge is 0.465 e. The van der Waals surface area contributed by atoms with Crippen LogP contribution in [0.2, 0.25) is 0 Å². The number of nitrogens with two attached hydrogens (primary N) is 1. The summed E-state index contributed by atoms with van der Waals surface area (Å²) in [6.07, 6.45) is 4.73. The van der Waals surface area contributed by atoms with Gasteiger partial charge in [0.15, 0.2) is 0 Å². The van der Waals surface area contributed by atoms with Crippen LogP contribution in [0.5, 0.6) is 0 Å². The lowest BCUT2D eigenvalue weighted by atomic mass is 10.0. The summed E-state index contributed by atoms with van der Waals surface area (Å²) < 4.78 is 23.4. The first kappa shape index (κ1) is 25.1. The van der Waals surface area contributed by atoms with Crippen molar-refractivity contribution < 1.29 is 23.1 Å². The number of hydrogen-bond donors (Lipinski definition) is 3. The Morgan fingerprint density at radius 1 is 1.12 bits per heavy atom. The molecule has 4 N–H and O–H groups in total. The quantitative estimate of drug-likeness (QED) is 0.547. The zero-order valence-electron chi connectivity index (χ0n) is 19.0. The van der Waals surface area contributed by atoms with Crippen molar-refractivity contribution >= 4 is 39.6 Å². The van der Waals surface area contributed by atoms with E-state index >= 15 is 0 Å². The Morgan fingerprint density at radius 2 is 1.82 bits per heavy atom. The first-order chi connectivity index (χ1) is 16.1. The number of rotatable bonds is 7. The summed E-state index contributed by atoms with van der Waals surface area (Å²) in [5.41, 5.74) is 2.61. The van der Waals surface area contributed by atoms with E-state index in [2.05, 4.69) is 15.3 Å². The van der Waals surface area contributed by atoms with E-state index in [4.69, 9.17) is 5.14 Å². The van der Waals surface area contributed by atoms with Crippen LogP contribution in [0.15, 0.2) is 52.1 Å². The smallest absolute Gasteiger partial charge is 0.410 e. The predicted octanol–water partition coefficient (Wildman–Crippen LogP) is 3.13. The molecule has 10 nitrogen and oxygen atoms in total. The second-order valence-electron chi connectivity index (χ2n) is 7.86. The highest BCUT2D eigenvalue weighted by atomic mass is 32.2. The van der Waals surface area contributed by atoms with E-state index < -0.39 is 16.1 Å². The third-order valence-electron chi connectivity index (χ3n) is 5.15. The molecule has 0 saturated heterocycles. The summed E-state index contributed by atoms with van der Waals surface area (Å²) in [4.78, 5) is 34.6. The molecule has 2 heterocycles. The Labute approximate surface area is 198 Å². The highest BCUT2D eigenvalue weighted by molar-refractivity contribution is 7.89. The number of sulfonamides is 1. The van der Waals surface area contributed by atoms with Crippen molar-refractivity contribution in [3.63, 3.8) is 0 Å². The second-order valence-corrected chi connectivity index (χ2v) is 9.42. The van der Waals surface area contributed by atoms with Crippen LogP contribution >= 0.6 is 0 Å². The van der Waals surface area contributed by atoms with Gasteiger partial charge in [0.05, 0.1) is 5.69 Å². The summed E-state index contributed by atoms with van der Waals surface area (Å²) in [5.74, 6) is -0.0436. The lowest BCUT2D eigenvalue weighted by Crippen LogP contribution is -2.36. The minimum atomic E-state index is -3.93. The van der Waals surface area contributed by atoms with Gasteiger partial charge in [0.2, 0.25) is 15.9 Å². The number of nitrogens with zero attached hydrogens (tertiary/aromatic N) is 3. The van der Waals surface area contributed by atoms with Gasteiger partial charge in [-0.2, -0.15) is 0 Å². The maximum Gasteiger partial charge on any atom is 0.410 e. The SMILES string of the molecule is CCCN(CCC)C(=O)C1=Cc2ccc(-c3cncc(S(N)(=O)=O)c3)cc2N=C(NC(=O)O)C1. The summed E-state index contributed by atoms with van der Waals surface area (Å²) in [6.45, 7) is 5.18. The molecule has 0 fully saturated rings. The highest BCUT2D eigenvalue weighted by Gasteiger charge is 2.23. The van der Waals surface area contributed by atoms with Crippen molar-refractivity contribution in [2.75, 3.05) is 13.1 Å². The number of hydrogen-bond acceptors (Lipinski definition) is 6. The first-order valence-electron chi connectivity index (χ1n) is 10.8. The third-order valence-corrected chi connectivity index (χ3v) is 6.03. The number of carbonyl (C=O) groups is 2. The molecule has 2 aromatic rings. The zero-order chi connectivity index (χ0) is 24.9. The fourth-order valence-electron chi connectivity index (χ4n) is 3.67. The van der Waals surface area contributed by atoms with Gasteiger partial charge in [-0.15, -0.1) is 0 Å². The Hall–Kier alpha value is -3.57. The number of carboxylic acid groups (broad SMARTS) is 1. The van der Waals surface area contributed by atoms with Crippen molar-refractivity contribution in [1.29, 1.82) is 0 Å². The molecular weight excluding hydrogens is 458 g/mol. The lowest BCUT2D eigenvalue weighted by Gasteiger charge is -2.23. The minimum absolute atomic E-state index is 0.0293. The molecule has 34 heavy (non-hydrogen) atoms. The molecule has 11 heteroatoms. The van der Waals surface area contributed by atoms with Crippen LogP contribution in [0.4, 0.5) is 10.5 Å². The topological polar surface area (TPSA) is 155 Å². The third kappa shape index (κ3) is 6.06. The normalized spacial score (nSPS) is 13.3. The number of pyridine rings is 1. The molecule has 0 aliphatic carbocycles. The van der Waals surface area contributed by atoms with Crippen molar-refractivity contribution in [1.82, 2.24) is 15.2 Å². The molecule has 2 amide bonds. The van der Waals surface area contributed by atoms with Crippen molar-refractivity contribution in [3.8, 4) is 11.1 Å². The van der Waals surface area contributed by atoms with E-state index in [0.29, 0.717) is 41.0 Å². The summed E-state index contributed by atoms with van der Waals surface area (Å²) in [7, 11) is -3.93. The molecular formula is C23H27N5O5S. The highest BCUT2D eigenvalue weighted by Crippen LogP contribution is 2.32. The molecule has 180 valence electrons. The predicted molar refractivity (Wildman–Crippen MR) is 129 cm³/mol. The van der Waals surface area contributed by atoms with Gasteiger partial charge in [0.1, 0.15) is 10.7 Å². The number of nitrogens with one attached hydrogen (secondary N) is 1. The van der Waals surface area contributed by atoms with Gasteiger partial charge < -0.3 is 10.0 Å². The van der Waals surface area contributed by atoms with E-state index in [0.717, 1.165) is 19.0 Å². The molecule has 0 spiro atoms. The first-order valence-corrected chi connectivity index (χ1v) is 12.4. The van der Waals surface area contributed by atoms with E-state index in [-0.39, 0.29) is 23.1 Å². The van der Waals surface area contributed by atoms with Crippen LogP contribution in [0, 0.1) is 0 Å². The maximum atomic E-state index is 13.2. The zero-order valence-corrected chi connectivity index (χ0v) is 19.8. The van der Waals surface area contributed by atoms with Crippen LogP contribution in [-0.4, -0.2) is 54.3 Å². The molecule has 1 aromatic carbocycles. The van der Waals surface area contributed by atoms with Crippen LogP contribution in [0.1, 0.15) is 38.7 Å². The minimum Gasteiger partial charge on any atom is -0.465 e. The fraction of sp³-hybridized carbons (Fsp3) is 0.304. The number of primary sulfonamides is 1. The maximum absolute atomic E-state index is 13.2. The fourth-order valence-corrected chi connectivity index (χ4v) is 4.17. The summed E-state index contributed by atoms with van der Waals surface area (Å²) in [6, 6.07) is 6.59. The number of aromatic nitrogens is 1. The number of fused-ring (bicyclic) bond motifs is 1. The van der Waals surface area contributed by atoms with Crippen molar-refractivity contribution in [3.05, 3.63) is 47.8 Å². The molecule has 3 rings (SSSR count). The molecule has 1 aliphatic rings. The van der Waals surface area contributed by atoms with Crippen LogP contribution < -0.4 is 10.5 Å². The van der Waals surface area contributed by atoms with Gasteiger partial charge in [0, 0.05) is 48.6 Å². The van der Waals surface area contributed by atoms with Crippen LogP contribution in [0.3, 0.4) is 0 Å². The Morgan fingerprint density at radius 3 is 2.44 bits per heavy atom. The number of aliphatic imine (C=N–C) groups is 1. The Bertz CT molecular complexity index is 1260. The summed E-state index contributed by atoms with van der Waals surface area (Å²) in [5, 5.41) is 16.8. The molecule has 1 aromatic heterocycles. The monoisotopic (exact) mass is 485 g/mol. The van der Waals surface area contributed by atoms with Gasteiger partial charge in [0.25, 0.3) is 0 Å². The molecule has 0 radical (unpaired) electrons. The van der Waals surface area contributed by atoms with Gasteiger partial charge in [-0.3, -0.25) is 15.1 Å². The Kier molecular flexibility index (Phi) is 7.79. The molecule has 0 unspecified atom stereocenters. The van der Waals surface area contributed by atoms with Gasteiger partial charge in [-0.05, 0) is 36.6 Å². The number of benzene rings is 1. The van der Waals surface area contributed by atoms with Gasteiger partial charge in [-0.1, -0.05) is 26.0 Å². The van der Waals surface area contributed by atoms with E-state index in [1.54, 1.807) is 29.2 Å². The number of amides is 2. The standard InChI is InChI=1S/C23H27N5O5S/c1-3-7-28(8-4-2)22(29)17-9-16-6-5-15(11-20(16)26-21(12-17)27-23(30)31)18-10-19(14-25-13-18)34(24,32)33/h5-6,9-11,13-14H,3-4,7-8,12H2,1-2H3,(H,26,27)(H,30,31)(H2,24,32,33). The van der Waals surface area contributed by atoms with E-state index in [9.17, 15) is 23.1 Å². The molecule has 0 bridgehead atoms. The van der Waals surface area contributed by atoms with E-state index in [1.807, 2.05) is 13.8 Å². The average molecular weight is 486 g/mol. The van der Waals surface area contributed by atoms with Crippen LogP contribution in [-0.2, 0) is 14.8 Å². The number of carbonyl (C=O) groups excluding carboxylic acids is 1. The van der Waals surface area contributed by atoms with Crippen LogP contribution in [0.25, 0.3) is 17.2 Å². The number of amidine groups is 1. The van der Waals surface area contributed by atoms with Gasteiger partial charge in [-0.25, -0.2) is 23.3 Å². The molecule has 0 atom stereocenters. The van der Waals surface area contributed by atoms with Crippen molar-refractivity contribution in [2.45, 2.75) is 38.0 Å². The Balaban J connectivity index is 2.08. The molecule has 1 aliphatic heterocycles. The van der Waals surface area contributed by atoms with E-state index in [1.165, 1.54) is 12.3 Å². The second kappa shape index (κ2) is 10.6. The lowest BCUT2D eigenvalue weighted by molar-refractivity contribution is -0.127. The molecule has 0 saturated carbocycles. The average Bonchev–Trinajstić information content (AvgIpc) is 2.96. The van der Waals surface area contributed by atoms with Gasteiger partial charge >= 0.3 is 6.09 Å². The summed E-state index contributed by atoms with van der Waals surface area (Å²) >= 11 is 0.